The van der Waals surface area contributed by atoms with Gasteiger partial charge in [0.1, 0.15) is 0 Å². The smallest absolute Gasteiger partial charge is 0.253 e. The fraction of sp³-hybridized carbons (Fsp3) is 0.640. The highest BCUT2D eigenvalue weighted by Crippen LogP contribution is 2.25. The van der Waals surface area contributed by atoms with Gasteiger partial charge in [-0.1, -0.05) is 36.6 Å². The van der Waals surface area contributed by atoms with Gasteiger partial charge in [0, 0.05) is 25.3 Å². The van der Waals surface area contributed by atoms with Crippen LogP contribution >= 0.6 is 0 Å². The van der Waals surface area contributed by atoms with Gasteiger partial charge >= 0.3 is 0 Å². The third kappa shape index (κ3) is 8.71. The molecule has 0 bridgehead atoms. The lowest BCUT2D eigenvalue weighted by atomic mass is 9.91. The monoisotopic (exact) mass is 400 g/mol. The molecule has 1 saturated carbocycles. The highest BCUT2D eigenvalue weighted by molar-refractivity contribution is 5.94. The lowest BCUT2D eigenvalue weighted by Gasteiger charge is -2.34. The Kier molecular flexibility index (Phi) is 11.0. The van der Waals surface area contributed by atoms with Crippen LogP contribution in [0.5, 0.6) is 0 Å². The predicted octanol–water partition coefficient (Wildman–Crippen LogP) is 5.12. The number of benzene rings is 1. The van der Waals surface area contributed by atoms with E-state index in [4.69, 9.17) is 4.74 Å². The normalized spacial score (nSPS) is 19.1. The maximum atomic E-state index is 12.7. The van der Waals surface area contributed by atoms with Gasteiger partial charge in [-0.3, -0.25) is 4.79 Å². The second-order valence-corrected chi connectivity index (χ2v) is 8.32. The van der Waals surface area contributed by atoms with E-state index in [9.17, 15) is 4.79 Å². The summed E-state index contributed by atoms with van der Waals surface area (Å²) >= 11 is 0. The quantitative estimate of drug-likeness (QED) is 0.369. The minimum absolute atomic E-state index is 0.133. The van der Waals surface area contributed by atoms with E-state index in [1.165, 1.54) is 24.8 Å². The molecule has 1 aliphatic rings. The number of aryl methyl sites for hydroxylation is 1. The van der Waals surface area contributed by atoms with Crippen LogP contribution in [0.4, 0.5) is 0 Å². The topological polar surface area (TPSA) is 41.6 Å². The number of ether oxygens (including phenoxy) is 1. The summed E-state index contributed by atoms with van der Waals surface area (Å²) in [6.45, 7) is 8.79. The molecule has 0 radical (unpaired) electrons. The second-order valence-electron chi connectivity index (χ2n) is 8.32. The fourth-order valence-corrected chi connectivity index (χ4v) is 3.95. The standard InChI is InChI=1S/C25H40N2O2/c1-4-5-18-26-19-8-6-7-9-20-29-24-16-14-23(15-17-24)27(3)25(28)22-12-10-21(2)11-13-22/h4,10-13,23-24,26H,1,5-9,14-20H2,2-3H3. The highest BCUT2D eigenvalue weighted by Gasteiger charge is 2.27. The minimum Gasteiger partial charge on any atom is -0.378 e. The van der Waals surface area contributed by atoms with E-state index in [1.54, 1.807) is 0 Å². The molecule has 0 aromatic heterocycles. The first-order chi connectivity index (χ1) is 14.1. The zero-order chi connectivity index (χ0) is 20.9. The number of hydrogen-bond acceptors (Lipinski definition) is 3. The van der Waals surface area contributed by atoms with Crippen LogP contribution in [-0.2, 0) is 4.74 Å². The van der Waals surface area contributed by atoms with Crippen LogP contribution in [0.2, 0.25) is 0 Å². The number of carbonyl (C=O) groups excluding carboxylic acids is 1. The molecule has 4 nitrogen and oxygen atoms in total. The van der Waals surface area contributed by atoms with Crippen LogP contribution in [0, 0.1) is 6.92 Å². The summed E-state index contributed by atoms with van der Waals surface area (Å²) in [7, 11) is 1.94. The van der Waals surface area contributed by atoms with Gasteiger partial charge in [0.2, 0.25) is 0 Å². The van der Waals surface area contributed by atoms with E-state index in [0.29, 0.717) is 12.1 Å². The molecule has 1 aromatic rings. The summed E-state index contributed by atoms with van der Waals surface area (Å²) in [6.07, 6.45) is 12.5. The van der Waals surface area contributed by atoms with Gasteiger partial charge < -0.3 is 15.0 Å². The van der Waals surface area contributed by atoms with E-state index in [0.717, 1.165) is 63.8 Å². The summed E-state index contributed by atoms with van der Waals surface area (Å²) in [6, 6.07) is 8.20. The summed E-state index contributed by atoms with van der Waals surface area (Å²) in [5.74, 6) is 0.133. The van der Waals surface area contributed by atoms with Gasteiger partial charge in [0.25, 0.3) is 5.91 Å². The molecule has 0 saturated heterocycles. The van der Waals surface area contributed by atoms with Crippen molar-refractivity contribution in [3.63, 3.8) is 0 Å². The molecule has 4 heteroatoms. The van der Waals surface area contributed by atoms with E-state index in [1.807, 2.05) is 49.2 Å². The van der Waals surface area contributed by atoms with Crippen LogP contribution in [0.1, 0.15) is 73.7 Å². The molecule has 2 rings (SSSR count). The number of unbranched alkanes of at least 4 members (excludes halogenated alkanes) is 3. The first-order valence-corrected chi connectivity index (χ1v) is 11.4. The molecular formula is C25H40N2O2. The van der Waals surface area contributed by atoms with Crippen LogP contribution in [0.3, 0.4) is 0 Å². The third-order valence-corrected chi connectivity index (χ3v) is 5.94. The van der Waals surface area contributed by atoms with Crippen molar-refractivity contribution in [1.29, 1.82) is 0 Å². The number of carbonyl (C=O) groups is 1. The van der Waals surface area contributed by atoms with E-state index in [2.05, 4.69) is 11.9 Å². The average molecular weight is 401 g/mol. The Morgan fingerprint density at radius 1 is 1.10 bits per heavy atom. The van der Waals surface area contributed by atoms with Gasteiger partial charge in [-0.2, -0.15) is 0 Å². The molecule has 1 fully saturated rings. The SMILES string of the molecule is C=CCCNCCCCCCOC1CCC(N(C)C(=O)c2ccc(C)cc2)CC1. The van der Waals surface area contributed by atoms with Gasteiger partial charge in [-0.05, 0) is 77.1 Å². The molecule has 0 aliphatic heterocycles. The van der Waals surface area contributed by atoms with Crippen molar-refractivity contribution < 1.29 is 9.53 Å². The molecule has 29 heavy (non-hydrogen) atoms. The minimum atomic E-state index is 0.133. The Bertz CT molecular complexity index is 591. The van der Waals surface area contributed by atoms with E-state index in [-0.39, 0.29) is 5.91 Å². The molecular weight excluding hydrogens is 360 g/mol. The summed E-state index contributed by atoms with van der Waals surface area (Å²) in [5, 5.41) is 3.43. The fourth-order valence-electron chi connectivity index (χ4n) is 3.95. The number of hydrogen-bond donors (Lipinski definition) is 1. The lowest BCUT2D eigenvalue weighted by Crippen LogP contribution is -2.40. The lowest BCUT2D eigenvalue weighted by molar-refractivity contribution is 0.00911. The van der Waals surface area contributed by atoms with Crippen LogP contribution in [0.25, 0.3) is 0 Å². The average Bonchev–Trinajstić information content (AvgIpc) is 2.75. The Labute approximate surface area is 177 Å². The van der Waals surface area contributed by atoms with Crippen molar-refractivity contribution in [2.75, 3.05) is 26.7 Å². The van der Waals surface area contributed by atoms with Crippen LogP contribution < -0.4 is 5.32 Å². The van der Waals surface area contributed by atoms with Gasteiger partial charge in [-0.15, -0.1) is 6.58 Å². The van der Waals surface area contributed by atoms with Gasteiger partial charge in [0.15, 0.2) is 0 Å². The Morgan fingerprint density at radius 2 is 1.79 bits per heavy atom. The largest absolute Gasteiger partial charge is 0.378 e. The summed E-state index contributed by atoms with van der Waals surface area (Å²) in [5.41, 5.74) is 1.97. The van der Waals surface area contributed by atoms with Crippen molar-refractivity contribution in [3.05, 3.63) is 48.0 Å². The van der Waals surface area contributed by atoms with Gasteiger partial charge in [-0.25, -0.2) is 0 Å². The first-order valence-electron chi connectivity index (χ1n) is 11.4. The summed E-state index contributed by atoms with van der Waals surface area (Å²) < 4.78 is 6.10. The third-order valence-electron chi connectivity index (χ3n) is 5.94. The van der Waals surface area contributed by atoms with Gasteiger partial charge in [0.05, 0.1) is 6.10 Å². The Hall–Kier alpha value is -1.65. The van der Waals surface area contributed by atoms with E-state index < -0.39 is 0 Å². The Balaban J connectivity index is 1.54. The molecule has 1 aliphatic carbocycles. The van der Waals surface area contributed by atoms with Crippen LogP contribution in [-0.4, -0.2) is 49.7 Å². The van der Waals surface area contributed by atoms with Crippen molar-refractivity contribution in [3.8, 4) is 0 Å². The number of nitrogens with zero attached hydrogens (tertiary/aromatic N) is 1. The number of rotatable bonds is 13. The molecule has 0 unspecified atom stereocenters. The zero-order valence-corrected chi connectivity index (χ0v) is 18.5. The number of amides is 1. The predicted molar refractivity (Wildman–Crippen MR) is 121 cm³/mol. The maximum absolute atomic E-state index is 12.7. The highest BCUT2D eigenvalue weighted by atomic mass is 16.5. The molecule has 162 valence electrons. The van der Waals surface area contributed by atoms with E-state index >= 15 is 0 Å². The molecule has 0 heterocycles. The van der Waals surface area contributed by atoms with Crippen molar-refractivity contribution >= 4 is 5.91 Å². The van der Waals surface area contributed by atoms with Crippen molar-refractivity contribution in [2.24, 2.45) is 0 Å². The zero-order valence-electron chi connectivity index (χ0n) is 18.5. The first kappa shape index (κ1) is 23.6. The second kappa shape index (κ2) is 13.6. The molecule has 1 N–H and O–H groups in total. The Morgan fingerprint density at radius 3 is 2.48 bits per heavy atom. The molecule has 1 amide bonds. The summed E-state index contributed by atoms with van der Waals surface area (Å²) in [4.78, 5) is 14.6. The maximum Gasteiger partial charge on any atom is 0.253 e. The molecule has 0 spiro atoms. The number of nitrogens with one attached hydrogen (secondary N) is 1. The van der Waals surface area contributed by atoms with Crippen molar-refractivity contribution in [1.82, 2.24) is 10.2 Å². The van der Waals surface area contributed by atoms with Crippen molar-refractivity contribution in [2.45, 2.75) is 76.9 Å². The molecule has 0 atom stereocenters. The van der Waals surface area contributed by atoms with Crippen LogP contribution in [0.15, 0.2) is 36.9 Å². The molecule has 1 aromatic carbocycles.